The lowest BCUT2D eigenvalue weighted by molar-refractivity contribution is -0.142. The summed E-state index contributed by atoms with van der Waals surface area (Å²) in [6.07, 6.45) is 1.74. The van der Waals surface area contributed by atoms with Crippen molar-refractivity contribution in [2.24, 2.45) is 5.92 Å². The van der Waals surface area contributed by atoms with E-state index in [1.807, 2.05) is 0 Å². The molecule has 1 saturated heterocycles. The lowest BCUT2D eigenvalue weighted by Gasteiger charge is -2.00. The van der Waals surface area contributed by atoms with Crippen LogP contribution in [0.5, 0.6) is 0 Å². The number of aromatic nitrogens is 2. The van der Waals surface area contributed by atoms with Crippen molar-refractivity contribution in [2.75, 3.05) is 19.8 Å². The van der Waals surface area contributed by atoms with E-state index in [4.69, 9.17) is 19.1 Å². The highest BCUT2D eigenvalue weighted by Crippen LogP contribution is 2.16. The van der Waals surface area contributed by atoms with Gasteiger partial charge in [-0.1, -0.05) is 5.16 Å². The summed E-state index contributed by atoms with van der Waals surface area (Å²) in [5.74, 6) is 0.350. The highest BCUT2D eigenvalue weighted by molar-refractivity contribution is 5.67. The van der Waals surface area contributed by atoms with Crippen LogP contribution in [0, 0.1) is 5.92 Å². The van der Waals surface area contributed by atoms with E-state index >= 15 is 0 Å². The summed E-state index contributed by atoms with van der Waals surface area (Å²) in [5.41, 5.74) is 0. The van der Waals surface area contributed by atoms with Gasteiger partial charge in [-0.3, -0.25) is 0 Å². The van der Waals surface area contributed by atoms with Gasteiger partial charge < -0.3 is 19.1 Å². The quantitative estimate of drug-likeness (QED) is 0.763. The molecular weight excluding hydrogens is 228 g/mol. The maximum Gasteiger partial charge on any atom is 0.329 e. The van der Waals surface area contributed by atoms with Gasteiger partial charge in [0.1, 0.15) is 13.2 Å². The third-order valence-electron chi connectivity index (χ3n) is 2.46. The molecule has 1 aliphatic heterocycles. The van der Waals surface area contributed by atoms with Gasteiger partial charge in [0.2, 0.25) is 0 Å². The zero-order valence-corrected chi connectivity index (χ0v) is 9.29. The minimum atomic E-state index is -1.02. The minimum Gasteiger partial charge on any atom is -0.480 e. The van der Waals surface area contributed by atoms with E-state index in [0.717, 1.165) is 26.1 Å². The standard InChI is InChI=1S/C10H14N2O5/c13-10(14)6-16-5-9-11-8(12-17-9)3-7-1-2-15-4-7/h7H,1-6H2,(H,13,14). The summed E-state index contributed by atoms with van der Waals surface area (Å²) in [6.45, 7) is 1.19. The molecule has 1 aliphatic rings. The average Bonchev–Trinajstić information content (AvgIpc) is 2.90. The van der Waals surface area contributed by atoms with Crippen molar-refractivity contribution in [3.8, 4) is 0 Å². The predicted molar refractivity (Wildman–Crippen MR) is 54.2 cm³/mol. The number of carboxylic acid groups (broad SMARTS) is 1. The Morgan fingerprint density at radius 3 is 3.18 bits per heavy atom. The van der Waals surface area contributed by atoms with Gasteiger partial charge in [0.25, 0.3) is 5.89 Å². The van der Waals surface area contributed by atoms with Crippen LogP contribution >= 0.6 is 0 Å². The number of rotatable bonds is 6. The second kappa shape index (κ2) is 5.74. The normalized spacial score (nSPS) is 19.6. The molecule has 1 N–H and O–H groups in total. The molecule has 0 aromatic carbocycles. The van der Waals surface area contributed by atoms with Gasteiger partial charge in [-0.05, 0) is 12.3 Å². The van der Waals surface area contributed by atoms with Gasteiger partial charge in [0, 0.05) is 19.6 Å². The van der Waals surface area contributed by atoms with Gasteiger partial charge >= 0.3 is 5.97 Å². The maximum atomic E-state index is 10.2. The smallest absolute Gasteiger partial charge is 0.329 e. The van der Waals surface area contributed by atoms with Crippen LogP contribution in [-0.2, 0) is 27.3 Å². The summed E-state index contributed by atoms with van der Waals surface area (Å²) in [4.78, 5) is 14.3. The molecule has 1 unspecified atom stereocenters. The molecule has 1 aromatic rings. The van der Waals surface area contributed by atoms with E-state index in [2.05, 4.69) is 10.1 Å². The molecule has 0 radical (unpaired) electrons. The second-order valence-corrected chi connectivity index (χ2v) is 3.92. The van der Waals surface area contributed by atoms with Crippen molar-refractivity contribution in [1.29, 1.82) is 0 Å². The zero-order chi connectivity index (χ0) is 12.1. The number of aliphatic carboxylic acids is 1. The Morgan fingerprint density at radius 1 is 1.59 bits per heavy atom. The molecule has 7 nitrogen and oxygen atoms in total. The number of ether oxygens (including phenoxy) is 2. The molecule has 0 saturated carbocycles. The van der Waals surface area contributed by atoms with Crippen LogP contribution in [0.15, 0.2) is 4.52 Å². The van der Waals surface area contributed by atoms with Crippen molar-refractivity contribution in [1.82, 2.24) is 10.1 Å². The number of carboxylic acids is 1. The van der Waals surface area contributed by atoms with Crippen LogP contribution in [0.3, 0.4) is 0 Å². The van der Waals surface area contributed by atoms with E-state index < -0.39 is 5.97 Å². The summed E-state index contributed by atoms with van der Waals surface area (Å²) in [7, 11) is 0. The molecule has 7 heteroatoms. The van der Waals surface area contributed by atoms with Crippen molar-refractivity contribution < 1.29 is 23.9 Å². The summed E-state index contributed by atoms with van der Waals surface area (Å²) >= 11 is 0. The Kier molecular flexibility index (Phi) is 4.05. The number of hydrogen-bond acceptors (Lipinski definition) is 6. The molecule has 1 atom stereocenters. The molecule has 1 aromatic heterocycles. The Balaban J connectivity index is 1.76. The Hall–Kier alpha value is -1.47. The molecule has 17 heavy (non-hydrogen) atoms. The van der Waals surface area contributed by atoms with E-state index in [1.165, 1.54) is 0 Å². The SMILES string of the molecule is O=C(O)COCc1nc(CC2CCOC2)no1. The third kappa shape index (κ3) is 3.79. The fraction of sp³-hybridized carbons (Fsp3) is 0.700. The topological polar surface area (TPSA) is 94.7 Å². The van der Waals surface area contributed by atoms with Crippen molar-refractivity contribution in [3.63, 3.8) is 0 Å². The first-order valence-electron chi connectivity index (χ1n) is 5.43. The molecule has 0 amide bonds. The lowest BCUT2D eigenvalue weighted by Crippen LogP contribution is -2.07. The predicted octanol–water partition coefficient (Wildman–Crippen LogP) is 0.250. The Labute approximate surface area is 97.7 Å². The van der Waals surface area contributed by atoms with Crippen LogP contribution in [0.1, 0.15) is 18.1 Å². The van der Waals surface area contributed by atoms with Crippen LogP contribution < -0.4 is 0 Å². The van der Waals surface area contributed by atoms with Crippen LogP contribution in [0.2, 0.25) is 0 Å². The highest BCUT2D eigenvalue weighted by Gasteiger charge is 2.19. The van der Waals surface area contributed by atoms with E-state index in [0.29, 0.717) is 17.6 Å². The van der Waals surface area contributed by atoms with Gasteiger partial charge in [0.15, 0.2) is 5.82 Å². The Bertz CT molecular complexity index is 373. The van der Waals surface area contributed by atoms with E-state index in [9.17, 15) is 4.79 Å². The summed E-state index contributed by atoms with van der Waals surface area (Å²) < 4.78 is 15.0. The van der Waals surface area contributed by atoms with E-state index in [1.54, 1.807) is 0 Å². The Morgan fingerprint density at radius 2 is 2.47 bits per heavy atom. The minimum absolute atomic E-state index is 0.0282. The summed E-state index contributed by atoms with van der Waals surface area (Å²) in [5, 5.41) is 12.2. The third-order valence-corrected chi connectivity index (χ3v) is 2.46. The number of nitrogens with zero attached hydrogens (tertiary/aromatic N) is 2. The maximum absolute atomic E-state index is 10.2. The van der Waals surface area contributed by atoms with Crippen molar-refractivity contribution in [2.45, 2.75) is 19.4 Å². The largest absolute Gasteiger partial charge is 0.480 e. The van der Waals surface area contributed by atoms with Crippen molar-refractivity contribution >= 4 is 5.97 Å². The highest BCUT2D eigenvalue weighted by atomic mass is 16.5. The zero-order valence-electron chi connectivity index (χ0n) is 9.29. The van der Waals surface area contributed by atoms with Gasteiger partial charge in [0.05, 0.1) is 0 Å². The van der Waals surface area contributed by atoms with Gasteiger partial charge in [-0.2, -0.15) is 4.98 Å². The molecule has 0 aliphatic carbocycles. The van der Waals surface area contributed by atoms with Crippen LogP contribution in [0.4, 0.5) is 0 Å². The van der Waals surface area contributed by atoms with Crippen LogP contribution in [-0.4, -0.2) is 41.0 Å². The fourth-order valence-electron chi connectivity index (χ4n) is 1.66. The lowest BCUT2D eigenvalue weighted by atomic mass is 10.1. The van der Waals surface area contributed by atoms with Gasteiger partial charge in [-0.15, -0.1) is 0 Å². The first-order chi connectivity index (χ1) is 8.24. The molecule has 94 valence electrons. The monoisotopic (exact) mass is 242 g/mol. The second-order valence-electron chi connectivity index (χ2n) is 3.92. The molecule has 0 bridgehead atoms. The molecule has 0 spiro atoms. The number of hydrogen-bond donors (Lipinski definition) is 1. The molecular formula is C10H14N2O5. The van der Waals surface area contributed by atoms with E-state index in [-0.39, 0.29) is 13.2 Å². The first kappa shape index (κ1) is 12.0. The number of carbonyl (C=O) groups is 1. The molecule has 1 fully saturated rings. The van der Waals surface area contributed by atoms with Crippen LogP contribution in [0.25, 0.3) is 0 Å². The van der Waals surface area contributed by atoms with Gasteiger partial charge in [-0.25, -0.2) is 4.79 Å². The summed E-state index contributed by atoms with van der Waals surface area (Å²) in [6, 6.07) is 0. The molecule has 2 rings (SSSR count). The van der Waals surface area contributed by atoms with Crippen molar-refractivity contribution in [3.05, 3.63) is 11.7 Å². The molecule has 2 heterocycles. The fourth-order valence-corrected chi connectivity index (χ4v) is 1.66. The first-order valence-corrected chi connectivity index (χ1v) is 5.43. The average molecular weight is 242 g/mol.